The van der Waals surface area contributed by atoms with Gasteiger partial charge in [-0.15, -0.1) is 0 Å². The van der Waals surface area contributed by atoms with Crippen LogP contribution in [0.1, 0.15) is 58.0 Å². The highest BCUT2D eigenvalue weighted by Crippen LogP contribution is 2.17. The molecule has 2 aromatic carbocycles. The van der Waals surface area contributed by atoms with Gasteiger partial charge in [0.25, 0.3) is 0 Å². The van der Waals surface area contributed by atoms with Crippen LogP contribution < -0.4 is 4.74 Å². The molecule has 0 bridgehead atoms. The quantitative estimate of drug-likeness (QED) is 0.433. The average molecular weight is 310 g/mol. The lowest BCUT2D eigenvalue weighted by atomic mass is 10.1. The molecule has 3 nitrogen and oxygen atoms in total. The van der Waals surface area contributed by atoms with Crippen LogP contribution in [0, 0.1) is 13.8 Å². The van der Waals surface area contributed by atoms with Crippen LogP contribution in [0.5, 0.6) is 5.75 Å². The summed E-state index contributed by atoms with van der Waals surface area (Å²) in [5.41, 5.74) is 3.37. The fraction of sp³-hybridized carbons (Fsp3) is 0.300. The molecule has 0 aliphatic heterocycles. The second-order valence-electron chi connectivity index (χ2n) is 5.74. The summed E-state index contributed by atoms with van der Waals surface area (Å²) in [5, 5.41) is 0. The van der Waals surface area contributed by atoms with Gasteiger partial charge in [0.2, 0.25) is 0 Å². The summed E-state index contributed by atoms with van der Waals surface area (Å²) >= 11 is 0. The minimum absolute atomic E-state index is 0.124. The molecule has 2 aromatic rings. The van der Waals surface area contributed by atoms with E-state index in [0.29, 0.717) is 23.3 Å². The van der Waals surface area contributed by atoms with Crippen molar-refractivity contribution in [3.05, 3.63) is 64.7 Å². The van der Waals surface area contributed by atoms with E-state index in [0.717, 1.165) is 24.0 Å². The smallest absolute Gasteiger partial charge is 0.343 e. The van der Waals surface area contributed by atoms with E-state index >= 15 is 0 Å². The van der Waals surface area contributed by atoms with E-state index in [9.17, 15) is 9.59 Å². The summed E-state index contributed by atoms with van der Waals surface area (Å²) in [5.74, 6) is 0.178. The van der Waals surface area contributed by atoms with E-state index in [4.69, 9.17) is 4.74 Å². The monoisotopic (exact) mass is 310 g/mol. The summed E-state index contributed by atoms with van der Waals surface area (Å²) in [4.78, 5) is 24.1. The zero-order valence-electron chi connectivity index (χ0n) is 13.9. The summed E-state index contributed by atoms with van der Waals surface area (Å²) in [6, 6.07) is 12.2. The maximum atomic E-state index is 12.1. The second kappa shape index (κ2) is 7.73. The van der Waals surface area contributed by atoms with Gasteiger partial charge in [-0.2, -0.15) is 0 Å². The van der Waals surface area contributed by atoms with Crippen LogP contribution in [0.4, 0.5) is 0 Å². The van der Waals surface area contributed by atoms with Crippen molar-refractivity contribution in [3.63, 3.8) is 0 Å². The largest absolute Gasteiger partial charge is 0.423 e. The number of ether oxygens (including phenoxy) is 1. The molecule has 0 N–H and O–H groups in total. The van der Waals surface area contributed by atoms with Crippen LogP contribution in [0.2, 0.25) is 0 Å². The third kappa shape index (κ3) is 4.52. The van der Waals surface area contributed by atoms with Gasteiger partial charge in [-0.25, -0.2) is 4.79 Å². The molecule has 0 fully saturated rings. The van der Waals surface area contributed by atoms with Crippen LogP contribution in [-0.2, 0) is 0 Å². The minimum Gasteiger partial charge on any atom is -0.423 e. The van der Waals surface area contributed by atoms with Crippen molar-refractivity contribution in [2.24, 2.45) is 0 Å². The molecule has 2 rings (SSSR count). The molecule has 120 valence electrons. The third-order valence-corrected chi connectivity index (χ3v) is 3.89. The van der Waals surface area contributed by atoms with E-state index in [1.165, 1.54) is 0 Å². The first-order valence-electron chi connectivity index (χ1n) is 7.94. The number of esters is 1. The number of unbranched alkanes of at least 4 members (excludes halogenated alkanes) is 1. The molecule has 0 aliphatic rings. The van der Waals surface area contributed by atoms with Gasteiger partial charge in [0, 0.05) is 12.0 Å². The van der Waals surface area contributed by atoms with Gasteiger partial charge in [0.15, 0.2) is 5.78 Å². The molecule has 0 aromatic heterocycles. The molecule has 0 radical (unpaired) electrons. The molecule has 0 saturated carbocycles. The van der Waals surface area contributed by atoms with E-state index in [2.05, 4.69) is 6.92 Å². The maximum absolute atomic E-state index is 12.1. The predicted octanol–water partition coefficient (Wildman–Crippen LogP) is 4.90. The molecule has 0 spiro atoms. The Morgan fingerprint density at radius 1 is 0.913 bits per heavy atom. The van der Waals surface area contributed by atoms with Gasteiger partial charge >= 0.3 is 5.97 Å². The van der Waals surface area contributed by atoms with Crippen molar-refractivity contribution in [2.75, 3.05) is 0 Å². The molecule has 3 heteroatoms. The highest BCUT2D eigenvalue weighted by molar-refractivity contribution is 5.96. The predicted molar refractivity (Wildman–Crippen MR) is 91.2 cm³/mol. The third-order valence-electron chi connectivity index (χ3n) is 3.89. The Labute approximate surface area is 137 Å². The summed E-state index contributed by atoms with van der Waals surface area (Å²) < 4.78 is 5.36. The number of Topliss-reactive ketones (excluding diaryl/α,β-unsaturated/α-hetero) is 1. The lowest BCUT2D eigenvalue weighted by molar-refractivity contribution is 0.0734. The maximum Gasteiger partial charge on any atom is 0.343 e. The molecule has 0 unspecified atom stereocenters. The van der Waals surface area contributed by atoms with Crippen molar-refractivity contribution in [1.82, 2.24) is 0 Å². The number of aryl methyl sites for hydroxylation is 2. The number of carbonyl (C=O) groups excluding carboxylic acids is 2. The first kappa shape index (κ1) is 16.9. The summed E-state index contributed by atoms with van der Waals surface area (Å²) in [7, 11) is 0. The zero-order chi connectivity index (χ0) is 16.8. The lowest BCUT2D eigenvalue weighted by Crippen LogP contribution is -2.09. The van der Waals surface area contributed by atoms with Gasteiger partial charge in [0.1, 0.15) is 5.75 Å². The van der Waals surface area contributed by atoms with E-state index in [-0.39, 0.29) is 5.78 Å². The number of carbonyl (C=O) groups is 2. The molecule has 0 heterocycles. The van der Waals surface area contributed by atoms with Crippen molar-refractivity contribution in [3.8, 4) is 5.75 Å². The highest BCUT2D eigenvalue weighted by atomic mass is 16.5. The van der Waals surface area contributed by atoms with Crippen LogP contribution in [0.15, 0.2) is 42.5 Å². The highest BCUT2D eigenvalue weighted by Gasteiger charge is 2.10. The number of benzene rings is 2. The molecular weight excluding hydrogens is 288 g/mol. The topological polar surface area (TPSA) is 43.4 Å². The van der Waals surface area contributed by atoms with Crippen molar-refractivity contribution < 1.29 is 14.3 Å². The number of ketones is 1. The Balaban J connectivity index is 2.04. The standard InChI is InChI=1S/C20H22O3/c1-4-5-6-19(21)16-9-11-18(12-10-16)23-20(22)17-8-7-14(2)15(3)13-17/h7-13H,4-6H2,1-3H3. The minimum atomic E-state index is -0.391. The Hall–Kier alpha value is -2.42. The van der Waals surface area contributed by atoms with Gasteiger partial charge in [-0.3, -0.25) is 4.79 Å². The fourth-order valence-electron chi connectivity index (χ4n) is 2.22. The fourth-order valence-corrected chi connectivity index (χ4v) is 2.22. The summed E-state index contributed by atoms with van der Waals surface area (Å²) in [6.07, 6.45) is 2.44. The molecule has 0 aliphatic carbocycles. The Kier molecular flexibility index (Phi) is 5.69. The first-order chi connectivity index (χ1) is 11.0. The Morgan fingerprint density at radius 3 is 2.17 bits per heavy atom. The average Bonchev–Trinajstić information content (AvgIpc) is 2.55. The van der Waals surface area contributed by atoms with Gasteiger partial charge in [-0.05, 0) is 67.8 Å². The number of hydrogen-bond acceptors (Lipinski definition) is 3. The Bertz CT molecular complexity index is 699. The second-order valence-corrected chi connectivity index (χ2v) is 5.74. The SMILES string of the molecule is CCCCC(=O)c1ccc(OC(=O)c2ccc(C)c(C)c2)cc1. The first-order valence-corrected chi connectivity index (χ1v) is 7.94. The van der Waals surface area contributed by atoms with Gasteiger partial charge in [0.05, 0.1) is 5.56 Å². The molecule has 0 amide bonds. The van der Waals surface area contributed by atoms with E-state index in [1.807, 2.05) is 26.0 Å². The number of rotatable bonds is 6. The molecular formula is C20H22O3. The zero-order valence-corrected chi connectivity index (χ0v) is 13.9. The normalized spacial score (nSPS) is 10.4. The lowest BCUT2D eigenvalue weighted by Gasteiger charge is -2.07. The van der Waals surface area contributed by atoms with E-state index in [1.54, 1.807) is 30.3 Å². The van der Waals surface area contributed by atoms with Crippen LogP contribution in [-0.4, -0.2) is 11.8 Å². The van der Waals surface area contributed by atoms with Gasteiger partial charge < -0.3 is 4.74 Å². The van der Waals surface area contributed by atoms with Crippen molar-refractivity contribution >= 4 is 11.8 Å². The molecule has 23 heavy (non-hydrogen) atoms. The summed E-state index contributed by atoms with van der Waals surface area (Å²) in [6.45, 7) is 6.02. The van der Waals surface area contributed by atoms with Crippen molar-refractivity contribution in [2.45, 2.75) is 40.0 Å². The Morgan fingerprint density at radius 2 is 1.57 bits per heavy atom. The van der Waals surface area contributed by atoms with Crippen molar-refractivity contribution in [1.29, 1.82) is 0 Å². The van der Waals surface area contributed by atoms with Gasteiger partial charge in [-0.1, -0.05) is 19.4 Å². The van der Waals surface area contributed by atoms with Crippen LogP contribution >= 0.6 is 0 Å². The van der Waals surface area contributed by atoms with Crippen LogP contribution in [0.25, 0.3) is 0 Å². The van der Waals surface area contributed by atoms with Crippen LogP contribution in [0.3, 0.4) is 0 Å². The molecule has 0 saturated heterocycles. The molecule has 0 atom stereocenters. The van der Waals surface area contributed by atoms with E-state index < -0.39 is 5.97 Å². The number of hydrogen-bond donors (Lipinski definition) is 0.